The lowest BCUT2D eigenvalue weighted by atomic mass is 10.1. The fourth-order valence-electron chi connectivity index (χ4n) is 1.96. The lowest BCUT2D eigenvalue weighted by Gasteiger charge is -2.27. The van der Waals surface area contributed by atoms with Crippen molar-refractivity contribution in [2.24, 2.45) is 0 Å². The highest BCUT2D eigenvalue weighted by Gasteiger charge is 2.18. The van der Waals surface area contributed by atoms with Crippen LogP contribution in [0.1, 0.15) is 32.1 Å². The van der Waals surface area contributed by atoms with Crippen molar-refractivity contribution < 1.29 is 9.90 Å². The maximum absolute atomic E-state index is 11.7. The van der Waals surface area contributed by atoms with Crippen LogP contribution in [0.2, 0.25) is 0 Å². The monoisotopic (exact) mass is 214 g/mol. The lowest BCUT2D eigenvalue weighted by Crippen LogP contribution is -2.41. The maximum Gasteiger partial charge on any atom is 0.222 e. The molecular weight excluding hydrogens is 192 g/mol. The van der Waals surface area contributed by atoms with E-state index in [1.54, 1.807) is 11.9 Å². The quantitative estimate of drug-likeness (QED) is 0.710. The van der Waals surface area contributed by atoms with Gasteiger partial charge in [-0.05, 0) is 19.9 Å². The topological polar surface area (TPSA) is 52.6 Å². The summed E-state index contributed by atoms with van der Waals surface area (Å²) in [7, 11) is 1.80. The van der Waals surface area contributed by atoms with Gasteiger partial charge in [0.15, 0.2) is 0 Å². The number of carbonyl (C=O) groups excluding carboxylic acids is 1. The molecule has 88 valence electrons. The molecule has 1 saturated heterocycles. The van der Waals surface area contributed by atoms with Crippen LogP contribution in [0.15, 0.2) is 0 Å². The van der Waals surface area contributed by atoms with Crippen LogP contribution >= 0.6 is 0 Å². The van der Waals surface area contributed by atoms with E-state index in [-0.39, 0.29) is 5.91 Å². The molecule has 4 heteroatoms. The molecule has 15 heavy (non-hydrogen) atoms. The SMILES string of the molecule is CNCC(O)CN1CCCCCCC1=O. The Morgan fingerprint density at radius 1 is 1.40 bits per heavy atom. The molecule has 1 atom stereocenters. The van der Waals surface area contributed by atoms with E-state index in [2.05, 4.69) is 5.32 Å². The second kappa shape index (κ2) is 6.80. The van der Waals surface area contributed by atoms with Gasteiger partial charge in [-0.3, -0.25) is 4.79 Å². The van der Waals surface area contributed by atoms with Crippen molar-refractivity contribution in [1.29, 1.82) is 0 Å². The third-order valence-corrected chi connectivity index (χ3v) is 2.79. The molecule has 1 unspecified atom stereocenters. The first-order valence-corrected chi connectivity index (χ1v) is 5.84. The van der Waals surface area contributed by atoms with Crippen LogP contribution in [-0.4, -0.2) is 48.7 Å². The summed E-state index contributed by atoms with van der Waals surface area (Å²) in [5, 5.41) is 12.5. The predicted molar refractivity (Wildman–Crippen MR) is 59.6 cm³/mol. The summed E-state index contributed by atoms with van der Waals surface area (Å²) in [5.74, 6) is 0.199. The standard InChI is InChI=1S/C11H22N2O2/c1-12-8-10(14)9-13-7-5-3-2-4-6-11(13)15/h10,12,14H,2-9H2,1H3. The van der Waals surface area contributed by atoms with Gasteiger partial charge in [-0.25, -0.2) is 0 Å². The summed E-state index contributed by atoms with van der Waals surface area (Å²) >= 11 is 0. The molecule has 0 bridgehead atoms. The first kappa shape index (κ1) is 12.5. The minimum absolute atomic E-state index is 0.199. The molecule has 0 spiro atoms. The first-order valence-electron chi connectivity index (χ1n) is 5.84. The number of aliphatic hydroxyl groups is 1. The van der Waals surface area contributed by atoms with Crippen molar-refractivity contribution in [2.75, 3.05) is 26.7 Å². The van der Waals surface area contributed by atoms with E-state index in [1.165, 1.54) is 12.8 Å². The molecule has 1 fully saturated rings. The van der Waals surface area contributed by atoms with Crippen LogP contribution in [0.25, 0.3) is 0 Å². The number of rotatable bonds is 4. The maximum atomic E-state index is 11.7. The van der Waals surface area contributed by atoms with Gasteiger partial charge in [-0.1, -0.05) is 12.8 Å². The third-order valence-electron chi connectivity index (χ3n) is 2.79. The van der Waals surface area contributed by atoms with Gasteiger partial charge in [0, 0.05) is 26.1 Å². The highest BCUT2D eigenvalue weighted by atomic mass is 16.3. The van der Waals surface area contributed by atoms with Gasteiger partial charge < -0.3 is 15.3 Å². The Morgan fingerprint density at radius 2 is 2.13 bits per heavy atom. The average Bonchev–Trinajstić information content (AvgIpc) is 2.18. The van der Waals surface area contributed by atoms with Crippen LogP contribution in [0.4, 0.5) is 0 Å². The number of hydrogen-bond donors (Lipinski definition) is 2. The zero-order valence-corrected chi connectivity index (χ0v) is 9.54. The molecule has 1 amide bonds. The Balaban J connectivity index is 2.38. The van der Waals surface area contributed by atoms with E-state index in [1.807, 2.05) is 0 Å². The summed E-state index contributed by atoms with van der Waals surface area (Å²) in [6, 6.07) is 0. The van der Waals surface area contributed by atoms with Gasteiger partial charge in [0.1, 0.15) is 0 Å². The number of likely N-dealkylation sites (tertiary alicyclic amines) is 1. The summed E-state index contributed by atoms with van der Waals surface area (Å²) in [6.07, 6.45) is 4.63. The summed E-state index contributed by atoms with van der Waals surface area (Å²) in [5.41, 5.74) is 0. The lowest BCUT2D eigenvalue weighted by molar-refractivity contribution is -0.133. The fourth-order valence-corrected chi connectivity index (χ4v) is 1.96. The van der Waals surface area contributed by atoms with Gasteiger partial charge in [0.05, 0.1) is 6.10 Å². The zero-order valence-electron chi connectivity index (χ0n) is 9.54. The molecule has 1 aliphatic rings. The number of carbonyl (C=O) groups is 1. The molecule has 2 N–H and O–H groups in total. The van der Waals surface area contributed by atoms with Crippen molar-refractivity contribution in [3.8, 4) is 0 Å². The van der Waals surface area contributed by atoms with Crippen LogP contribution < -0.4 is 5.32 Å². The fraction of sp³-hybridized carbons (Fsp3) is 0.909. The van der Waals surface area contributed by atoms with E-state index in [0.717, 1.165) is 19.4 Å². The highest BCUT2D eigenvalue weighted by molar-refractivity contribution is 5.76. The Morgan fingerprint density at radius 3 is 2.87 bits per heavy atom. The zero-order chi connectivity index (χ0) is 11.1. The molecule has 0 aromatic carbocycles. The van der Waals surface area contributed by atoms with Crippen LogP contribution in [0.3, 0.4) is 0 Å². The molecule has 0 aromatic rings. The van der Waals surface area contributed by atoms with E-state index in [9.17, 15) is 9.90 Å². The summed E-state index contributed by atoms with van der Waals surface area (Å²) in [4.78, 5) is 13.5. The number of nitrogens with zero attached hydrogens (tertiary/aromatic N) is 1. The van der Waals surface area contributed by atoms with Crippen molar-refractivity contribution >= 4 is 5.91 Å². The molecule has 1 heterocycles. The Hall–Kier alpha value is -0.610. The third kappa shape index (κ3) is 4.62. The number of amides is 1. The molecule has 1 rings (SSSR count). The number of nitrogens with one attached hydrogen (secondary N) is 1. The van der Waals surface area contributed by atoms with Gasteiger partial charge in [-0.2, -0.15) is 0 Å². The van der Waals surface area contributed by atoms with Gasteiger partial charge in [-0.15, -0.1) is 0 Å². The molecule has 0 aromatic heterocycles. The van der Waals surface area contributed by atoms with E-state index >= 15 is 0 Å². The van der Waals surface area contributed by atoms with Crippen molar-refractivity contribution in [3.63, 3.8) is 0 Å². The average molecular weight is 214 g/mol. The first-order chi connectivity index (χ1) is 7.24. The molecule has 0 aliphatic carbocycles. The number of hydrogen-bond acceptors (Lipinski definition) is 3. The number of likely N-dealkylation sites (N-methyl/N-ethyl adjacent to an activating group) is 1. The van der Waals surface area contributed by atoms with Gasteiger partial charge >= 0.3 is 0 Å². The van der Waals surface area contributed by atoms with E-state index in [0.29, 0.717) is 19.5 Å². The van der Waals surface area contributed by atoms with Crippen molar-refractivity contribution in [1.82, 2.24) is 10.2 Å². The van der Waals surface area contributed by atoms with Crippen LogP contribution in [-0.2, 0) is 4.79 Å². The second-order valence-corrected chi connectivity index (χ2v) is 4.22. The normalized spacial score (nSPS) is 20.9. The smallest absolute Gasteiger partial charge is 0.222 e. The summed E-state index contributed by atoms with van der Waals surface area (Å²) < 4.78 is 0. The predicted octanol–water partition coefficient (Wildman–Crippen LogP) is 0.359. The number of β-amino-alcohol motifs (C(OH)–C–C–N with tert-alkyl or cyclic N) is 1. The molecule has 0 saturated carbocycles. The van der Waals surface area contributed by atoms with E-state index in [4.69, 9.17) is 0 Å². The Kier molecular flexibility index (Phi) is 5.65. The van der Waals surface area contributed by atoms with E-state index < -0.39 is 6.10 Å². The number of aliphatic hydroxyl groups excluding tert-OH is 1. The largest absolute Gasteiger partial charge is 0.390 e. The van der Waals surface area contributed by atoms with Crippen molar-refractivity contribution in [3.05, 3.63) is 0 Å². The Bertz CT molecular complexity index is 197. The van der Waals surface area contributed by atoms with Crippen LogP contribution in [0.5, 0.6) is 0 Å². The van der Waals surface area contributed by atoms with Gasteiger partial charge in [0.25, 0.3) is 0 Å². The minimum atomic E-state index is -0.446. The molecule has 4 nitrogen and oxygen atoms in total. The molecule has 1 aliphatic heterocycles. The Labute approximate surface area is 91.6 Å². The highest BCUT2D eigenvalue weighted by Crippen LogP contribution is 2.11. The van der Waals surface area contributed by atoms with Crippen LogP contribution in [0, 0.1) is 0 Å². The molecule has 0 radical (unpaired) electrons. The molecular formula is C11H22N2O2. The minimum Gasteiger partial charge on any atom is -0.390 e. The van der Waals surface area contributed by atoms with Gasteiger partial charge in [0.2, 0.25) is 5.91 Å². The van der Waals surface area contributed by atoms with Crippen molar-refractivity contribution in [2.45, 2.75) is 38.2 Å². The summed E-state index contributed by atoms with van der Waals surface area (Å²) in [6.45, 7) is 1.82. The second-order valence-electron chi connectivity index (χ2n) is 4.22.